The molecular formula is C25H33N5O3. The summed E-state index contributed by atoms with van der Waals surface area (Å²) < 4.78 is 5.99. The fraction of sp³-hybridized carbons (Fsp3) is 0.480. The molecule has 8 heteroatoms. The molecule has 1 aromatic carbocycles. The Morgan fingerprint density at radius 3 is 2.85 bits per heavy atom. The van der Waals surface area contributed by atoms with Crippen molar-refractivity contribution in [1.29, 1.82) is 0 Å². The highest BCUT2D eigenvalue weighted by Crippen LogP contribution is 2.35. The van der Waals surface area contributed by atoms with Crippen molar-refractivity contribution in [2.75, 3.05) is 50.1 Å². The number of pyridine rings is 1. The lowest BCUT2D eigenvalue weighted by Crippen LogP contribution is -2.40. The Balaban J connectivity index is 1.31. The lowest BCUT2D eigenvalue weighted by atomic mass is 9.92. The van der Waals surface area contributed by atoms with Gasteiger partial charge >= 0.3 is 0 Å². The van der Waals surface area contributed by atoms with Crippen LogP contribution in [-0.2, 0) is 16.0 Å². The highest BCUT2D eigenvalue weighted by Gasteiger charge is 2.35. The zero-order valence-electron chi connectivity index (χ0n) is 19.6. The first-order chi connectivity index (χ1) is 15.8. The Labute approximate surface area is 195 Å². The van der Waals surface area contributed by atoms with Crippen LogP contribution in [0.5, 0.6) is 5.75 Å². The molecule has 0 radical (unpaired) electrons. The predicted molar refractivity (Wildman–Crippen MR) is 129 cm³/mol. The number of carbonyl (C=O) groups excluding carboxylic acids is 2. The maximum Gasteiger partial charge on any atom is 0.241 e. The quantitative estimate of drug-likeness (QED) is 0.449. The zero-order chi connectivity index (χ0) is 23.4. The van der Waals surface area contributed by atoms with Crippen LogP contribution in [0.15, 0.2) is 42.7 Å². The number of nitrogens with one attached hydrogen (secondary N) is 2. The average molecular weight is 452 g/mol. The maximum atomic E-state index is 12.7. The summed E-state index contributed by atoms with van der Waals surface area (Å²) in [4.78, 5) is 33.1. The summed E-state index contributed by atoms with van der Waals surface area (Å²) in [6.45, 7) is 7.03. The van der Waals surface area contributed by atoms with Gasteiger partial charge in [0.25, 0.3) is 0 Å². The molecule has 1 saturated heterocycles. The summed E-state index contributed by atoms with van der Waals surface area (Å²) >= 11 is 0. The number of hydrogen-bond acceptors (Lipinski definition) is 6. The molecule has 1 atom stereocenters. The molecule has 1 fully saturated rings. The van der Waals surface area contributed by atoms with Crippen LogP contribution in [0.3, 0.4) is 0 Å². The Bertz CT molecular complexity index is 991. The van der Waals surface area contributed by atoms with Crippen LogP contribution in [-0.4, -0.2) is 67.6 Å². The standard InChI is InChI=1S/C25H33N5O3/c1-25(2)17-28-20-14-19(7-8-22(20)29(3)24(25)32)33-13-5-11-30(23(31)21-16-27-21)12-9-18-6-4-10-26-15-18/h4,6-8,10,14-15,21,27-28H,5,9,11-13,16-17H2,1-3H3. The fourth-order valence-corrected chi connectivity index (χ4v) is 4.04. The first kappa shape index (κ1) is 23.0. The van der Waals surface area contributed by atoms with E-state index >= 15 is 0 Å². The number of anilines is 2. The minimum Gasteiger partial charge on any atom is -0.493 e. The van der Waals surface area contributed by atoms with E-state index < -0.39 is 5.41 Å². The van der Waals surface area contributed by atoms with Crippen molar-refractivity contribution in [3.8, 4) is 5.75 Å². The van der Waals surface area contributed by atoms with Crippen molar-refractivity contribution in [2.24, 2.45) is 5.41 Å². The van der Waals surface area contributed by atoms with Gasteiger partial charge in [0.1, 0.15) is 5.75 Å². The number of ether oxygens (including phenoxy) is 1. The maximum absolute atomic E-state index is 12.7. The van der Waals surface area contributed by atoms with Crippen molar-refractivity contribution >= 4 is 23.2 Å². The van der Waals surface area contributed by atoms with Gasteiger partial charge in [-0.25, -0.2) is 0 Å². The summed E-state index contributed by atoms with van der Waals surface area (Å²) in [5.41, 5.74) is 2.39. The van der Waals surface area contributed by atoms with Crippen LogP contribution in [0.2, 0.25) is 0 Å². The Morgan fingerprint density at radius 1 is 1.30 bits per heavy atom. The third-order valence-corrected chi connectivity index (χ3v) is 6.19. The number of fused-ring (bicyclic) bond motifs is 1. The van der Waals surface area contributed by atoms with Crippen LogP contribution in [0, 0.1) is 5.41 Å². The van der Waals surface area contributed by atoms with Crippen LogP contribution >= 0.6 is 0 Å². The average Bonchev–Trinajstić information content (AvgIpc) is 3.67. The molecule has 8 nitrogen and oxygen atoms in total. The van der Waals surface area contributed by atoms with Crippen molar-refractivity contribution in [3.05, 3.63) is 48.3 Å². The minimum absolute atomic E-state index is 0.0422. The molecule has 33 heavy (non-hydrogen) atoms. The van der Waals surface area contributed by atoms with E-state index in [1.165, 1.54) is 0 Å². The van der Waals surface area contributed by atoms with Gasteiger partial charge in [0.2, 0.25) is 11.8 Å². The van der Waals surface area contributed by atoms with Gasteiger partial charge in [-0.3, -0.25) is 14.6 Å². The number of nitrogens with zero attached hydrogens (tertiary/aromatic N) is 3. The lowest BCUT2D eigenvalue weighted by molar-refractivity contribution is -0.130. The highest BCUT2D eigenvalue weighted by atomic mass is 16.5. The van der Waals surface area contributed by atoms with E-state index in [-0.39, 0.29) is 17.9 Å². The molecule has 0 spiro atoms. The summed E-state index contributed by atoms with van der Waals surface area (Å²) in [6, 6.07) is 9.66. The van der Waals surface area contributed by atoms with Crippen molar-refractivity contribution in [1.82, 2.24) is 15.2 Å². The smallest absolute Gasteiger partial charge is 0.241 e. The molecule has 2 aliphatic heterocycles. The molecule has 1 aromatic heterocycles. The molecule has 2 aromatic rings. The van der Waals surface area contributed by atoms with E-state index in [1.54, 1.807) is 11.1 Å². The van der Waals surface area contributed by atoms with Crippen molar-refractivity contribution < 1.29 is 14.3 Å². The van der Waals surface area contributed by atoms with Gasteiger partial charge in [0.05, 0.1) is 29.4 Å². The van der Waals surface area contributed by atoms with Gasteiger partial charge in [-0.1, -0.05) is 6.07 Å². The molecule has 0 aliphatic carbocycles. The lowest BCUT2D eigenvalue weighted by Gasteiger charge is -2.25. The Morgan fingerprint density at radius 2 is 2.12 bits per heavy atom. The van der Waals surface area contributed by atoms with E-state index in [0.717, 1.165) is 42.1 Å². The number of benzene rings is 1. The number of rotatable bonds is 9. The summed E-state index contributed by atoms with van der Waals surface area (Å²) in [6.07, 6.45) is 5.12. The molecule has 3 heterocycles. The topological polar surface area (TPSA) is 96.7 Å². The normalized spacial score (nSPS) is 18.7. The van der Waals surface area contributed by atoms with E-state index in [9.17, 15) is 9.59 Å². The molecule has 0 bridgehead atoms. The van der Waals surface area contributed by atoms with Crippen LogP contribution in [0.25, 0.3) is 0 Å². The highest BCUT2D eigenvalue weighted by molar-refractivity contribution is 6.01. The van der Waals surface area contributed by atoms with Gasteiger partial charge in [-0.05, 0) is 50.5 Å². The van der Waals surface area contributed by atoms with Gasteiger partial charge in [-0.15, -0.1) is 0 Å². The Kier molecular flexibility index (Phi) is 6.83. The second-order valence-electron chi connectivity index (χ2n) is 9.38. The van der Waals surface area contributed by atoms with E-state index in [2.05, 4.69) is 15.6 Å². The van der Waals surface area contributed by atoms with Gasteiger partial charge < -0.3 is 25.2 Å². The number of hydrogen-bond donors (Lipinski definition) is 2. The predicted octanol–water partition coefficient (Wildman–Crippen LogP) is 2.31. The number of aromatic nitrogens is 1. The minimum atomic E-state index is -0.475. The molecule has 176 valence electrons. The van der Waals surface area contributed by atoms with E-state index in [0.29, 0.717) is 26.2 Å². The largest absolute Gasteiger partial charge is 0.493 e. The number of carbonyl (C=O) groups is 2. The monoisotopic (exact) mass is 451 g/mol. The first-order valence-corrected chi connectivity index (χ1v) is 11.5. The van der Waals surface area contributed by atoms with Crippen LogP contribution < -0.4 is 20.3 Å². The third kappa shape index (κ3) is 5.63. The molecule has 1 unspecified atom stereocenters. The van der Waals surface area contributed by atoms with Crippen molar-refractivity contribution in [3.63, 3.8) is 0 Å². The fourth-order valence-electron chi connectivity index (χ4n) is 4.04. The first-order valence-electron chi connectivity index (χ1n) is 11.5. The second-order valence-corrected chi connectivity index (χ2v) is 9.38. The van der Waals surface area contributed by atoms with E-state index in [1.807, 2.05) is 62.3 Å². The number of amides is 2. The Hall–Kier alpha value is -3.13. The zero-order valence-corrected chi connectivity index (χ0v) is 19.6. The molecule has 0 saturated carbocycles. The van der Waals surface area contributed by atoms with Gasteiger partial charge in [0, 0.05) is 51.7 Å². The SMILES string of the molecule is CN1C(=O)C(C)(C)CNc2cc(OCCCN(CCc3cccnc3)C(=O)C3CN3)ccc21. The molecule has 2 N–H and O–H groups in total. The van der Waals surface area contributed by atoms with Crippen molar-refractivity contribution in [2.45, 2.75) is 32.7 Å². The second kappa shape index (κ2) is 9.79. The van der Waals surface area contributed by atoms with Gasteiger partial charge in [0.15, 0.2) is 0 Å². The summed E-state index contributed by atoms with van der Waals surface area (Å²) in [7, 11) is 1.81. The van der Waals surface area contributed by atoms with E-state index in [4.69, 9.17) is 4.74 Å². The molecular weight excluding hydrogens is 418 g/mol. The molecule has 4 rings (SSSR count). The summed E-state index contributed by atoms with van der Waals surface area (Å²) in [5, 5.41) is 6.49. The third-order valence-electron chi connectivity index (χ3n) is 6.19. The van der Waals surface area contributed by atoms with Crippen LogP contribution in [0.1, 0.15) is 25.8 Å². The van der Waals surface area contributed by atoms with Gasteiger partial charge in [-0.2, -0.15) is 0 Å². The van der Waals surface area contributed by atoms with Crippen LogP contribution in [0.4, 0.5) is 11.4 Å². The summed E-state index contributed by atoms with van der Waals surface area (Å²) in [5.74, 6) is 0.992. The molecule has 2 amide bonds. The molecule has 2 aliphatic rings.